The second-order valence-corrected chi connectivity index (χ2v) is 20.6. The Morgan fingerprint density at radius 3 is 1.57 bits per heavy atom. The molecule has 3 aliphatic rings. The van der Waals surface area contributed by atoms with Gasteiger partial charge in [-0.2, -0.15) is 0 Å². The minimum atomic E-state index is -0.0117. The van der Waals surface area contributed by atoms with Gasteiger partial charge in [0.15, 0.2) is 11.5 Å². The maximum Gasteiger partial charge on any atom is 0.254 e. The van der Waals surface area contributed by atoms with Crippen LogP contribution >= 0.6 is 11.3 Å². The highest BCUT2D eigenvalue weighted by Crippen LogP contribution is 2.51. The van der Waals surface area contributed by atoms with Crippen LogP contribution in [0.25, 0.3) is 10.1 Å². The minimum absolute atomic E-state index is 0.0101. The van der Waals surface area contributed by atoms with Gasteiger partial charge in [0.25, 0.3) is 6.71 Å². The summed E-state index contributed by atoms with van der Waals surface area (Å²) in [4.78, 5) is 5.16. The molecule has 56 heavy (non-hydrogen) atoms. The summed E-state index contributed by atoms with van der Waals surface area (Å²) in [6.45, 7) is 31.1. The number of benzene rings is 5. The zero-order chi connectivity index (χ0) is 39.8. The van der Waals surface area contributed by atoms with E-state index in [0.29, 0.717) is 13.2 Å². The number of ether oxygens (including phenoxy) is 2. The molecule has 0 bridgehead atoms. The van der Waals surface area contributed by atoms with Crippen LogP contribution in [0.4, 0.5) is 33.4 Å². The summed E-state index contributed by atoms with van der Waals surface area (Å²) in [5.41, 5.74) is 19.4. The Labute approximate surface area is 338 Å². The first kappa shape index (κ1) is 36.9. The summed E-state index contributed by atoms with van der Waals surface area (Å²) < 4.78 is 14.1. The molecule has 0 atom stereocenters. The summed E-state index contributed by atoms with van der Waals surface area (Å²) in [6, 6.07) is 28.4. The zero-order valence-corrected chi connectivity index (χ0v) is 36.4. The molecular weight excluding hydrogens is 703 g/mol. The molecule has 0 N–H and O–H groups in total. The number of nitrogens with zero attached hydrogens (tertiary/aromatic N) is 2. The molecule has 0 saturated heterocycles. The van der Waals surface area contributed by atoms with E-state index in [4.69, 9.17) is 9.47 Å². The molecule has 286 valence electrons. The van der Waals surface area contributed by atoms with Gasteiger partial charge in [0, 0.05) is 27.8 Å². The van der Waals surface area contributed by atoms with Crippen LogP contribution in [0.1, 0.15) is 101 Å². The Morgan fingerprint density at radius 1 is 0.536 bits per heavy atom. The molecule has 3 aliphatic heterocycles. The van der Waals surface area contributed by atoms with E-state index in [1.165, 1.54) is 93.2 Å². The van der Waals surface area contributed by atoms with E-state index >= 15 is 0 Å². The van der Waals surface area contributed by atoms with Gasteiger partial charge >= 0.3 is 0 Å². The van der Waals surface area contributed by atoms with E-state index < -0.39 is 0 Å². The quantitative estimate of drug-likeness (QED) is 0.164. The zero-order valence-electron chi connectivity index (χ0n) is 35.5. The van der Waals surface area contributed by atoms with Crippen molar-refractivity contribution in [3.05, 3.63) is 112 Å². The lowest BCUT2D eigenvalue weighted by molar-refractivity contribution is 0.172. The van der Waals surface area contributed by atoms with Gasteiger partial charge in [-0.25, -0.2) is 0 Å². The third-order valence-electron chi connectivity index (χ3n) is 12.3. The molecule has 0 radical (unpaired) electrons. The number of thiophene rings is 1. The smallest absolute Gasteiger partial charge is 0.254 e. The molecule has 4 heterocycles. The Morgan fingerprint density at radius 2 is 1.04 bits per heavy atom. The molecule has 5 aromatic carbocycles. The third-order valence-corrected chi connectivity index (χ3v) is 13.5. The molecule has 6 heteroatoms. The molecule has 9 rings (SSSR count). The summed E-state index contributed by atoms with van der Waals surface area (Å²) >= 11 is 1.93. The van der Waals surface area contributed by atoms with Crippen LogP contribution in [-0.4, -0.2) is 19.9 Å². The Bertz CT molecular complexity index is 2570. The van der Waals surface area contributed by atoms with E-state index in [1.54, 1.807) is 0 Å². The lowest BCUT2D eigenvalue weighted by Crippen LogP contribution is -2.61. The van der Waals surface area contributed by atoms with Crippen molar-refractivity contribution in [2.45, 2.75) is 106 Å². The molecule has 4 nitrogen and oxygen atoms in total. The van der Waals surface area contributed by atoms with Crippen LogP contribution in [0.15, 0.2) is 72.8 Å². The van der Waals surface area contributed by atoms with Crippen molar-refractivity contribution < 1.29 is 9.47 Å². The van der Waals surface area contributed by atoms with Gasteiger partial charge in [-0.15, -0.1) is 11.3 Å². The largest absolute Gasteiger partial charge is 0.486 e. The van der Waals surface area contributed by atoms with Crippen LogP contribution in [-0.2, 0) is 16.2 Å². The van der Waals surface area contributed by atoms with Crippen LogP contribution < -0.4 is 35.7 Å². The fraction of sp³-hybridized carbons (Fsp3) is 0.360. The lowest BCUT2D eigenvalue weighted by atomic mass is 9.33. The molecule has 0 saturated carbocycles. The number of hydrogen-bond donors (Lipinski definition) is 0. The van der Waals surface area contributed by atoms with E-state index in [1.807, 2.05) is 11.3 Å². The number of aryl methyl sites for hydroxylation is 4. The third kappa shape index (κ3) is 5.61. The molecule has 0 unspecified atom stereocenters. The average Bonchev–Trinajstić information content (AvgIpc) is 3.49. The first-order valence-corrected chi connectivity index (χ1v) is 21.1. The molecule has 0 spiro atoms. The van der Waals surface area contributed by atoms with Crippen LogP contribution in [0.3, 0.4) is 0 Å². The molecule has 6 aromatic rings. The molecule has 0 fully saturated rings. The Hall–Kier alpha value is -4.68. The van der Waals surface area contributed by atoms with Crippen molar-refractivity contribution in [3.63, 3.8) is 0 Å². The number of rotatable bonds is 2. The highest BCUT2D eigenvalue weighted by Gasteiger charge is 2.47. The highest BCUT2D eigenvalue weighted by molar-refractivity contribution is 7.26. The van der Waals surface area contributed by atoms with Crippen molar-refractivity contribution in [2.75, 3.05) is 23.0 Å². The van der Waals surface area contributed by atoms with E-state index in [0.717, 1.165) is 17.2 Å². The molecule has 0 amide bonds. The van der Waals surface area contributed by atoms with Gasteiger partial charge in [-0.3, -0.25) is 0 Å². The predicted octanol–water partition coefficient (Wildman–Crippen LogP) is 11.9. The normalized spacial score (nSPS) is 14.9. The maximum atomic E-state index is 6.39. The van der Waals surface area contributed by atoms with Gasteiger partial charge in [0.2, 0.25) is 0 Å². The SMILES string of the molecule is Cc1cc(C(C)(C)C)cc(C)c1N1c2cc3c(cc2B2c4c1cccc4N(c1c(C)cc(C(C)(C)C)cc1C)c1sc4ccc(C(C)(C)C)cc4c12)OCCO3. The van der Waals surface area contributed by atoms with Gasteiger partial charge < -0.3 is 19.3 Å². The fourth-order valence-corrected chi connectivity index (χ4v) is 10.6. The Kier molecular flexibility index (Phi) is 8.19. The standard InChI is InChI=1S/C50H55BN2O2S/c1-28-21-33(49(8,9)10)22-29(2)45(28)52-37-15-14-16-38-44(37)51(36-26-40-41(27-39(36)52)55-20-19-54-40)43-35-25-32(48(5,6)7)17-18-42(35)56-47(43)53(38)46-30(3)23-34(24-31(46)4)50(11,12)13/h14-18,21-27H,19-20H2,1-13H3. The number of fused-ring (bicyclic) bond motifs is 7. The van der Waals surface area contributed by atoms with Crippen molar-refractivity contribution in [2.24, 2.45) is 0 Å². The second kappa shape index (κ2) is 12.4. The van der Waals surface area contributed by atoms with Crippen molar-refractivity contribution in [3.8, 4) is 11.5 Å². The summed E-state index contributed by atoms with van der Waals surface area (Å²) in [6.07, 6.45) is 0. The van der Waals surface area contributed by atoms with Gasteiger partial charge in [0.05, 0.1) is 16.4 Å². The highest BCUT2D eigenvalue weighted by atomic mass is 32.1. The van der Waals surface area contributed by atoms with E-state index in [-0.39, 0.29) is 23.0 Å². The van der Waals surface area contributed by atoms with Crippen LogP contribution in [0, 0.1) is 27.7 Å². The first-order chi connectivity index (χ1) is 26.3. The van der Waals surface area contributed by atoms with Crippen LogP contribution in [0.2, 0.25) is 0 Å². The van der Waals surface area contributed by atoms with E-state index in [9.17, 15) is 0 Å². The molecule has 0 aliphatic carbocycles. The number of hydrogen-bond acceptors (Lipinski definition) is 5. The van der Waals surface area contributed by atoms with Gasteiger partial charge in [0.1, 0.15) is 13.2 Å². The Balaban J connectivity index is 1.41. The van der Waals surface area contributed by atoms with Gasteiger partial charge in [-0.05, 0) is 129 Å². The topological polar surface area (TPSA) is 24.9 Å². The predicted molar refractivity (Wildman–Crippen MR) is 242 cm³/mol. The van der Waals surface area contributed by atoms with E-state index in [2.05, 4.69) is 173 Å². The first-order valence-electron chi connectivity index (χ1n) is 20.3. The van der Waals surface area contributed by atoms with Gasteiger partial charge in [-0.1, -0.05) is 105 Å². The van der Waals surface area contributed by atoms with Crippen LogP contribution in [0.5, 0.6) is 11.5 Å². The van der Waals surface area contributed by atoms with Crippen molar-refractivity contribution in [1.29, 1.82) is 0 Å². The molecule has 1 aromatic heterocycles. The van der Waals surface area contributed by atoms with Crippen molar-refractivity contribution in [1.82, 2.24) is 0 Å². The minimum Gasteiger partial charge on any atom is -0.486 e. The van der Waals surface area contributed by atoms with Crippen molar-refractivity contribution >= 4 is 78.0 Å². The molecular formula is C50H55BN2O2S. The average molecular weight is 759 g/mol. The maximum absolute atomic E-state index is 6.39. The fourth-order valence-electron chi connectivity index (χ4n) is 9.40. The summed E-state index contributed by atoms with van der Waals surface area (Å²) in [5.74, 6) is 1.64. The second-order valence-electron chi connectivity index (χ2n) is 19.6. The summed E-state index contributed by atoms with van der Waals surface area (Å²) in [7, 11) is 0. The number of anilines is 6. The monoisotopic (exact) mass is 758 g/mol. The lowest BCUT2D eigenvalue weighted by Gasteiger charge is -2.44. The summed E-state index contributed by atoms with van der Waals surface area (Å²) in [5, 5.41) is 2.64.